The van der Waals surface area contributed by atoms with Crippen LogP contribution in [0.3, 0.4) is 0 Å². The van der Waals surface area contributed by atoms with Crippen molar-refractivity contribution in [2.75, 3.05) is 18.5 Å². The van der Waals surface area contributed by atoms with Crippen molar-refractivity contribution in [3.63, 3.8) is 0 Å². The largest absolute Gasteiger partial charge is 0.493 e. The third kappa shape index (κ3) is 5.14. The molecule has 9 nitrogen and oxygen atoms in total. The number of nitrogens with zero attached hydrogens (tertiary/aromatic N) is 1. The second-order valence-corrected chi connectivity index (χ2v) is 8.64. The standard InChI is InChI=1S/C24H25ClN4O5/c1-14-12-15(6-7-18(14)25)27-24(33)26-10-3-11-34-20-5-2-4-16-17(20)13-29(23(16)32)19-8-9-21(30)28-22(19)31/h2,4-7,12,19H,3,8-11,13H2,1H3,(H2,26,27,33)(H,28,30,31). The molecule has 178 valence electrons. The number of piperidine rings is 1. The van der Waals surface area contributed by atoms with Gasteiger partial charge in [-0.3, -0.25) is 19.7 Å². The molecule has 5 amide bonds. The molecule has 1 atom stereocenters. The first kappa shape index (κ1) is 23.6. The van der Waals surface area contributed by atoms with Gasteiger partial charge in [-0.1, -0.05) is 17.7 Å². The van der Waals surface area contributed by atoms with E-state index in [1.54, 1.807) is 36.4 Å². The van der Waals surface area contributed by atoms with E-state index in [0.717, 1.165) is 11.1 Å². The predicted molar refractivity (Wildman–Crippen MR) is 126 cm³/mol. The molecule has 2 aliphatic heterocycles. The van der Waals surface area contributed by atoms with Gasteiger partial charge in [0.25, 0.3) is 5.91 Å². The molecule has 0 saturated carbocycles. The Morgan fingerprint density at radius 3 is 2.82 bits per heavy atom. The summed E-state index contributed by atoms with van der Waals surface area (Å²) in [5.74, 6) is -0.439. The van der Waals surface area contributed by atoms with Crippen LogP contribution < -0.4 is 20.7 Å². The average molecular weight is 485 g/mol. The summed E-state index contributed by atoms with van der Waals surface area (Å²) >= 11 is 5.99. The maximum atomic E-state index is 12.9. The number of fused-ring (bicyclic) bond motifs is 1. The number of anilines is 1. The van der Waals surface area contributed by atoms with E-state index in [9.17, 15) is 19.2 Å². The summed E-state index contributed by atoms with van der Waals surface area (Å²) < 4.78 is 5.89. The number of nitrogens with one attached hydrogen (secondary N) is 3. The van der Waals surface area contributed by atoms with Gasteiger partial charge in [0.05, 0.1) is 13.2 Å². The van der Waals surface area contributed by atoms with E-state index < -0.39 is 11.9 Å². The fraction of sp³-hybridized carbons (Fsp3) is 0.333. The zero-order chi connectivity index (χ0) is 24.2. The Morgan fingerprint density at radius 1 is 1.24 bits per heavy atom. The highest BCUT2D eigenvalue weighted by molar-refractivity contribution is 6.31. The SMILES string of the molecule is Cc1cc(NC(=O)NCCCOc2cccc3c2CN(C2CCC(=O)NC2=O)C3=O)ccc1Cl. The lowest BCUT2D eigenvalue weighted by molar-refractivity contribution is -0.136. The maximum Gasteiger partial charge on any atom is 0.319 e. The molecule has 0 aromatic heterocycles. The molecule has 2 aliphatic rings. The third-order valence-electron chi connectivity index (χ3n) is 5.82. The van der Waals surface area contributed by atoms with Crippen molar-refractivity contribution in [1.29, 1.82) is 0 Å². The van der Waals surface area contributed by atoms with Crippen LogP contribution in [0.1, 0.15) is 40.7 Å². The number of ether oxygens (including phenoxy) is 1. The maximum absolute atomic E-state index is 12.9. The number of hydrogen-bond donors (Lipinski definition) is 3. The second-order valence-electron chi connectivity index (χ2n) is 8.23. The third-order valence-corrected chi connectivity index (χ3v) is 6.24. The van der Waals surface area contributed by atoms with Crippen LogP contribution in [-0.4, -0.2) is 47.8 Å². The van der Waals surface area contributed by atoms with E-state index >= 15 is 0 Å². The molecule has 0 aliphatic carbocycles. The first-order chi connectivity index (χ1) is 16.3. The van der Waals surface area contributed by atoms with Crippen molar-refractivity contribution in [3.8, 4) is 5.75 Å². The molecule has 1 unspecified atom stereocenters. The second kappa shape index (κ2) is 10.1. The molecule has 3 N–H and O–H groups in total. The van der Waals surface area contributed by atoms with Crippen molar-refractivity contribution >= 4 is 41.0 Å². The van der Waals surface area contributed by atoms with Gasteiger partial charge >= 0.3 is 6.03 Å². The average Bonchev–Trinajstić information content (AvgIpc) is 3.13. The van der Waals surface area contributed by atoms with Crippen molar-refractivity contribution in [2.24, 2.45) is 0 Å². The van der Waals surface area contributed by atoms with Crippen molar-refractivity contribution in [2.45, 2.75) is 38.8 Å². The molecule has 1 fully saturated rings. The Bertz CT molecular complexity index is 1150. The lowest BCUT2D eigenvalue weighted by Crippen LogP contribution is -2.52. The van der Waals surface area contributed by atoms with Crippen LogP contribution in [0.5, 0.6) is 5.75 Å². The molecule has 1 saturated heterocycles. The van der Waals surface area contributed by atoms with Crippen LogP contribution in [0, 0.1) is 6.92 Å². The summed E-state index contributed by atoms with van der Waals surface area (Å²) in [4.78, 5) is 50.1. The van der Waals surface area contributed by atoms with Gasteiger partial charge in [0, 0.05) is 34.8 Å². The Kier molecular flexibility index (Phi) is 7.02. The summed E-state index contributed by atoms with van der Waals surface area (Å²) in [6, 6.07) is 9.48. The Morgan fingerprint density at radius 2 is 2.06 bits per heavy atom. The number of urea groups is 1. The van der Waals surface area contributed by atoms with E-state index in [1.807, 2.05) is 6.92 Å². The van der Waals surface area contributed by atoms with Gasteiger partial charge in [0.1, 0.15) is 11.8 Å². The number of carbonyl (C=O) groups excluding carboxylic acids is 4. The van der Waals surface area contributed by atoms with Gasteiger partial charge in [-0.05, 0) is 55.7 Å². The first-order valence-corrected chi connectivity index (χ1v) is 11.4. The van der Waals surface area contributed by atoms with E-state index in [2.05, 4.69) is 16.0 Å². The fourth-order valence-corrected chi connectivity index (χ4v) is 4.16. The molecule has 0 bridgehead atoms. The van der Waals surface area contributed by atoms with Gasteiger partial charge in [-0.25, -0.2) is 4.79 Å². The zero-order valence-electron chi connectivity index (χ0n) is 18.7. The van der Waals surface area contributed by atoms with Gasteiger partial charge in [-0.2, -0.15) is 0 Å². The highest BCUT2D eigenvalue weighted by atomic mass is 35.5. The quantitative estimate of drug-likeness (QED) is 0.412. The molecule has 10 heteroatoms. The van der Waals surface area contributed by atoms with E-state index in [1.165, 1.54) is 4.90 Å². The van der Waals surface area contributed by atoms with E-state index in [0.29, 0.717) is 48.0 Å². The number of halogens is 1. The molecular formula is C24H25ClN4O5. The van der Waals surface area contributed by atoms with E-state index in [4.69, 9.17) is 16.3 Å². The molecule has 2 heterocycles. The van der Waals surface area contributed by atoms with Gasteiger partial charge in [-0.15, -0.1) is 0 Å². The highest BCUT2D eigenvalue weighted by Gasteiger charge is 2.40. The monoisotopic (exact) mass is 484 g/mol. The van der Waals surface area contributed by atoms with Crippen LogP contribution in [0.25, 0.3) is 0 Å². The van der Waals surface area contributed by atoms with Crippen LogP contribution in [0.15, 0.2) is 36.4 Å². The number of aryl methyl sites for hydroxylation is 1. The number of carbonyl (C=O) groups is 4. The minimum Gasteiger partial charge on any atom is -0.493 e. The van der Waals surface area contributed by atoms with Crippen LogP contribution in [0.2, 0.25) is 5.02 Å². The van der Waals surface area contributed by atoms with Gasteiger partial charge in [0.2, 0.25) is 11.8 Å². The van der Waals surface area contributed by atoms with Gasteiger partial charge in [0.15, 0.2) is 0 Å². The lowest BCUT2D eigenvalue weighted by atomic mass is 10.0. The number of imide groups is 1. The molecular weight excluding hydrogens is 460 g/mol. The zero-order valence-corrected chi connectivity index (χ0v) is 19.4. The minimum atomic E-state index is -0.669. The van der Waals surface area contributed by atoms with E-state index in [-0.39, 0.29) is 30.8 Å². The number of hydrogen-bond acceptors (Lipinski definition) is 5. The number of rotatable bonds is 7. The summed E-state index contributed by atoms with van der Waals surface area (Å²) in [6.07, 6.45) is 1.07. The summed E-state index contributed by atoms with van der Waals surface area (Å²) in [7, 11) is 0. The lowest BCUT2D eigenvalue weighted by Gasteiger charge is -2.29. The predicted octanol–water partition coefficient (Wildman–Crippen LogP) is 3.00. The molecule has 2 aromatic rings. The number of benzene rings is 2. The summed E-state index contributed by atoms with van der Waals surface area (Å²) in [6.45, 7) is 2.84. The molecule has 4 rings (SSSR count). The number of amides is 5. The molecule has 34 heavy (non-hydrogen) atoms. The van der Waals surface area contributed by atoms with Gasteiger partial charge < -0.3 is 20.3 Å². The normalized spacial score (nSPS) is 17.3. The van der Waals surface area contributed by atoms with Crippen molar-refractivity contribution in [3.05, 3.63) is 58.1 Å². The smallest absolute Gasteiger partial charge is 0.319 e. The summed E-state index contributed by atoms with van der Waals surface area (Å²) in [5, 5.41) is 8.46. The fourth-order valence-electron chi connectivity index (χ4n) is 4.05. The minimum absolute atomic E-state index is 0.206. The molecule has 0 radical (unpaired) electrons. The molecule has 0 spiro atoms. The van der Waals surface area contributed by atoms with Crippen LogP contribution >= 0.6 is 11.6 Å². The summed E-state index contributed by atoms with van der Waals surface area (Å²) in [5.41, 5.74) is 2.75. The van der Waals surface area contributed by atoms with Crippen molar-refractivity contribution in [1.82, 2.24) is 15.5 Å². The topological polar surface area (TPSA) is 117 Å². The highest BCUT2D eigenvalue weighted by Crippen LogP contribution is 2.33. The Balaban J connectivity index is 1.26. The first-order valence-electron chi connectivity index (χ1n) is 11.0. The Hall–Kier alpha value is -3.59. The van der Waals surface area contributed by atoms with Crippen molar-refractivity contribution < 1.29 is 23.9 Å². The van der Waals surface area contributed by atoms with Crippen LogP contribution in [0.4, 0.5) is 10.5 Å². The molecule has 2 aromatic carbocycles. The Labute approximate surface area is 201 Å². The van der Waals surface area contributed by atoms with Crippen LogP contribution in [-0.2, 0) is 16.1 Å².